The zero-order valence-electron chi connectivity index (χ0n) is 7.49. The van der Waals surface area contributed by atoms with Gasteiger partial charge in [0.05, 0.1) is 9.98 Å². The number of hydrogen-bond acceptors (Lipinski definition) is 4. The van der Waals surface area contributed by atoms with Crippen LogP contribution < -0.4 is 0 Å². The van der Waals surface area contributed by atoms with E-state index in [9.17, 15) is 9.90 Å². The summed E-state index contributed by atoms with van der Waals surface area (Å²) in [5.74, 6) is 0.241. The molecule has 0 unspecified atom stereocenters. The average Bonchev–Trinajstić information content (AvgIpc) is 2.58. The van der Waals surface area contributed by atoms with E-state index >= 15 is 0 Å². The van der Waals surface area contributed by atoms with E-state index in [0.29, 0.717) is 25.7 Å². The van der Waals surface area contributed by atoms with E-state index in [-0.39, 0.29) is 5.78 Å². The van der Waals surface area contributed by atoms with Gasteiger partial charge in [-0.3, -0.25) is 4.79 Å². The highest BCUT2D eigenvalue weighted by Crippen LogP contribution is 2.38. The van der Waals surface area contributed by atoms with Crippen molar-refractivity contribution in [3.05, 3.63) is 15.0 Å². The average molecular weight is 276 g/mol. The van der Waals surface area contributed by atoms with Crippen LogP contribution in [-0.2, 0) is 10.4 Å². The quantitative estimate of drug-likeness (QED) is 0.855. The zero-order valence-corrected chi connectivity index (χ0v) is 9.90. The minimum absolute atomic E-state index is 0.241. The minimum Gasteiger partial charge on any atom is -0.383 e. The first kappa shape index (κ1) is 10.3. The number of hydrogen-bond donors (Lipinski definition) is 1. The summed E-state index contributed by atoms with van der Waals surface area (Å²) >= 11 is 4.75. The van der Waals surface area contributed by atoms with Crippen molar-refractivity contribution in [1.82, 2.24) is 4.98 Å². The first-order valence-electron chi connectivity index (χ1n) is 4.46. The summed E-state index contributed by atoms with van der Waals surface area (Å²) in [5, 5.41) is 11.0. The van der Waals surface area contributed by atoms with E-state index < -0.39 is 5.60 Å². The summed E-state index contributed by atoms with van der Waals surface area (Å²) in [6.45, 7) is 0. The van der Waals surface area contributed by atoms with Crippen LogP contribution in [0.5, 0.6) is 0 Å². The molecule has 1 aromatic rings. The van der Waals surface area contributed by atoms with Crippen LogP contribution in [0.1, 0.15) is 30.7 Å². The van der Waals surface area contributed by atoms with Gasteiger partial charge in [-0.1, -0.05) is 0 Å². The molecule has 1 fully saturated rings. The van der Waals surface area contributed by atoms with Crippen molar-refractivity contribution in [2.24, 2.45) is 0 Å². The number of halogens is 1. The zero-order chi connectivity index (χ0) is 10.2. The molecule has 1 aliphatic carbocycles. The highest BCUT2D eigenvalue weighted by Gasteiger charge is 2.36. The van der Waals surface area contributed by atoms with Crippen molar-refractivity contribution >= 4 is 33.0 Å². The Balaban J connectivity index is 2.20. The van der Waals surface area contributed by atoms with Crippen molar-refractivity contribution in [2.75, 3.05) is 0 Å². The third-order valence-corrected chi connectivity index (χ3v) is 4.18. The van der Waals surface area contributed by atoms with Gasteiger partial charge < -0.3 is 5.11 Å². The maximum Gasteiger partial charge on any atom is 0.133 e. The number of carbonyl (C=O) groups excluding carboxylic acids is 1. The smallest absolute Gasteiger partial charge is 0.133 e. The minimum atomic E-state index is -0.870. The monoisotopic (exact) mass is 275 g/mol. The van der Waals surface area contributed by atoms with E-state index in [1.165, 1.54) is 11.3 Å². The topological polar surface area (TPSA) is 50.2 Å². The first-order chi connectivity index (χ1) is 6.60. The predicted molar refractivity (Wildman–Crippen MR) is 57.2 cm³/mol. The molecule has 0 amide bonds. The van der Waals surface area contributed by atoms with Crippen molar-refractivity contribution in [3.8, 4) is 0 Å². The van der Waals surface area contributed by atoms with Gasteiger partial charge in [-0.05, 0) is 28.8 Å². The Kier molecular flexibility index (Phi) is 2.72. The summed E-state index contributed by atoms with van der Waals surface area (Å²) in [5.41, 5.74) is -0.870. The molecule has 1 saturated carbocycles. The van der Waals surface area contributed by atoms with Gasteiger partial charge in [-0.15, -0.1) is 11.3 Å². The summed E-state index contributed by atoms with van der Waals surface area (Å²) in [6.07, 6.45) is 3.63. The number of ketones is 1. The van der Waals surface area contributed by atoms with Gasteiger partial charge in [0, 0.05) is 12.8 Å². The molecule has 14 heavy (non-hydrogen) atoms. The predicted octanol–water partition coefficient (Wildman–Crippen LogP) is 2.24. The van der Waals surface area contributed by atoms with Gasteiger partial charge in [0.1, 0.15) is 16.4 Å². The normalized spacial score (nSPS) is 21.1. The Morgan fingerprint density at radius 3 is 2.64 bits per heavy atom. The standard InChI is InChI=1S/C9H10BrNO2S/c10-7-5-11-8(14-7)9(13)3-1-6(12)2-4-9/h5,13H,1-4H2. The Hall–Kier alpha value is -0.260. The van der Waals surface area contributed by atoms with E-state index in [0.717, 1.165) is 8.79 Å². The molecule has 2 rings (SSSR count). The summed E-state index contributed by atoms with van der Waals surface area (Å²) < 4.78 is 0.915. The van der Waals surface area contributed by atoms with Crippen molar-refractivity contribution in [3.63, 3.8) is 0 Å². The second-order valence-corrected chi connectivity index (χ2v) is 5.95. The van der Waals surface area contributed by atoms with Crippen LogP contribution in [-0.4, -0.2) is 15.9 Å². The maximum absolute atomic E-state index is 11.0. The fraction of sp³-hybridized carbons (Fsp3) is 0.556. The number of nitrogens with zero attached hydrogens (tertiary/aromatic N) is 1. The van der Waals surface area contributed by atoms with Crippen molar-refractivity contribution < 1.29 is 9.90 Å². The number of Topliss-reactive ketones (excluding diaryl/α,β-unsaturated/α-hetero) is 1. The van der Waals surface area contributed by atoms with Crippen LogP contribution in [0.4, 0.5) is 0 Å². The SMILES string of the molecule is O=C1CCC(O)(c2ncc(Br)s2)CC1. The lowest BCUT2D eigenvalue weighted by Gasteiger charge is -2.29. The van der Waals surface area contributed by atoms with Crippen molar-refractivity contribution in [2.45, 2.75) is 31.3 Å². The maximum atomic E-state index is 11.0. The molecule has 0 saturated heterocycles. The van der Waals surface area contributed by atoms with Gasteiger partial charge in [0.15, 0.2) is 0 Å². The molecule has 5 heteroatoms. The number of rotatable bonds is 1. The molecule has 3 nitrogen and oxygen atoms in total. The fourth-order valence-electron chi connectivity index (χ4n) is 1.63. The Bertz CT molecular complexity index is 353. The van der Waals surface area contributed by atoms with E-state index in [2.05, 4.69) is 20.9 Å². The molecular formula is C9H10BrNO2S. The molecule has 1 heterocycles. The third-order valence-electron chi connectivity index (χ3n) is 2.51. The molecule has 0 aliphatic heterocycles. The van der Waals surface area contributed by atoms with Crippen molar-refractivity contribution in [1.29, 1.82) is 0 Å². The molecule has 76 valence electrons. The van der Waals surface area contributed by atoms with Gasteiger partial charge in [0.2, 0.25) is 0 Å². The van der Waals surface area contributed by atoms with E-state index in [1.807, 2.05) is 0 Å². The highest BCUT2D eigenvalue weighted by atomic mass is 79.9. The number of aromatic nitrogens is 1. The number of aliphatic hydroxyl groups is 1. The Labute approximate surface area is 94.3 Å². The first-order valence-corrected chi connectivity index (χ1v) is 6.07. The third kappa shape index (κ3) is 1.89. The summed E-state index contributed by atoms with van der Waals surface area (Å²) in [4.78, 5) is 15.2. The van der Waals surface area contributed by atoms with E-state index in [1.54, 1.807) is 6.20 Å². The van der Waals surface area contributed by atoms with Crippen LogP contribution in [0.15, 0.2) is 9.98 Å². The van der Waals surface area contributed by atoms with Crippen LogP contribution in [0.25, 0.3) is 0 Å². The van der Waals surface area contributed by atoms with Crippen LogP contribution in [0, 0.1) is 0 Å². The number of thiazole rings is 1. The summed E-state index contributed by atoms with van der Waals surface area (Å²) in [7, 11) is 0. The van der Waals surface area contributed by atoms with E-state index in [4.69, 9.17) is 0 Å². The van der Waals surface area contributed by atoms with Gasteiger partial charge in [-0.25, -0.2) is 4.98 Å². The largest absolute Gasteiger partial charge is 0.383 e. The van der Waals surface area contributed by atoms with Gasteiger partial charge in [0.25, 0.3) is 0 Å². The fourth-order valence-corrected chi connectivity index (χ4v) is 2.98. The van der Waals surface area contributed by atoms with Gasteiger partial charge >= 0.3 is 0 Å². The van der Waals surface area contributed by atoms with Crippen LogP contribution in [0.2, 0.25) is 0 Å². The van der Waals surface area contributed by atoms with Crippen LogP contribution in [0.3, 0.4) is 0 Å². The molecule has 0 atom stereocenters. The lowest BCUT2D eigenvalue weighted by atomic mass is 9.85. The molecule has 0 radical (unpaired) electrons. The lowest BCUT2D eigenvalue weighted by Crippen LogP contribution is -2.31. The highest BCUT2D eigenvalue weighted by molar-refractivity contribution is 9.11. The second-order valence-electron chi connectivity index (χ2n) is 3.54. The second kappa shape index (κ2) is 3.72. The summed E-state index contributed by atoms with van der Waals surface area (Å²) in [6, 6.07) is 0. The molecule has 1 aromatic heterocycles. The molecule has 0 spiro atoms. The molecule has 1 N–H and O–H groups in total. The Morgan fingerprint density at radius 1 is 1.50 bits per heavy atom. The number of carbonyl (C=O) groups is 1. The molecule has 0 bridgehead atoms. The molecular weight excluding hydrogens is 266 g/mol. The van der Waals surface area contributed by atoms with Gasteiger partial charge in [-0.2, -0.15) is 0 Å². The molecule has 1 aliphatic rings. The lowest BCUT2D eigenvalue weighted by molar-refractivity contribution is -0.125. The molecule has 0 aromatic carbocycles. The van der Waals surface area contributed by atoms with Crippen LogP contribution >= 0.6 is 27.3 Å². The Morgan fingerprint density at radius 2 is 2.14 bits per heavy atom.